The van der Waals surface area contributed by atoms with Crippen LogP contribution in [0.3, 0.4) is 0 Å². The van der Waals surface area contributed by atoms with Gasteiger partial charge in [0.15, 0.2) is 5.65 Å². The number of nitrogens with zero attached hydrogens (tertiary/aromatic N) is 4. The van der Waals surface area contributed by atoms with Crippen molar-refractivity contribution in [3.8, 4) is 0 Å². The van der Waals surface area contributed by atoms with E-state index in [1.165, 1.54) is 0 Å². The lowest BCUT2D eigenvalue weighted by molar-refractivity contribution is 0.137. The highest BCUT2D eigenvalue weighted by atomic mass is 19.3. The number of aromatic nitrogens is 4. The first-order valence-electron chi connectivity index (χ1n) is 4.07. The third-order valence-corrected chi connectivity index (χ3v) is 1.90. The lowest BCUT2D eigenvalue weighted by atomic mass is 10.3. The van der Waals surface area contributed by atoms with Crippen molar-refractivity contribution in [2.24, 2.45) is 0 Å². The molecule has 2 aromatic heterocycles. The average molecular weight is 198 g/mol. The first-order valence-corrected chi connectivity index (χ1v) is 4.07. The fraction of sp³-hybridized carbons (Fsp3) is 0.375. The van der Waals surface area contributed by atoms with Crippen LogP contribution >= 0.6 is 0 Å². The zero-order valence-corrected chi connectivity index (χ0v) is 7.70. The zero-order valence-electron chi connectivity index (χ0n) is 7.70. The summed E-state index contributed by atoms with van der Waals surface area (Å²) in [6, 6.07) is 1.78. The SMILES string of the molecule is Cc1cc(C)c2nnc(C(F)F)n2n1. The van der Waals surface area contributed by atoms with Gasteiger partial charge in [-0.25, -0.2) is 8.78 Å². The van der Waals surface area contributed by atoms with Crippen LogP contribution in [0.2, 0.25) is 0 Å². The summed E-state index contributed by atoms with van der Waals surface area (Å²) in [4.78, 5) is 0. The number of halogens is 2. The fourth-order valence-corrected chi connectivity index (χ4v) is 1.34. The molecule has 0 fully saturated rings. The molecule has 0 radical (unpaired) electrons. The Morgan fingerprint density at radius 1 is 1.29 bits per heavy atom. The van der Waals surface area contributed by atoms with Crippen LogP contribution in [0, 0.1) is 13.8 Å². The summed E-state index contributed by atoms with van der Waals surface area (Å²) in [7, 11) is 0. The number of alkyl halides is 2. The maximum absolute atomic E-state index is 12.4. The molecule has 0 spiro atoms. The Morgan fingerprint density at radius 3 is 2.64 bits per heavy atom. The molecule has 0 amide bonds. The molecule has 74 valence electrons. The summed E-state index contributed by atoms with van der Waals surface area (Å²) in [5, 5.41) is 11.0. The highest BCUT2D eigenvalue weighted by molar-refractivity contribution is 5.45. The Morgan fingerprint density at radius 2 is 2.00 bits per heavy atom. The van der Waals surface area contributed by atoms with Gasteiger partial charge in [-0.1, -0.05) is 0 Å². The smallest absolute Gasteiger partial charge is 0.201 e. The van der Waals surface area contributed by atoms with E-state index in [4.69, 9.17) is 0 Å². The molecule has 0 aliphatic carbocycles. The highest BCUT2D eigenvalue weighted by Gasteiger charge is 2.17. The number of hydrogen-bond donors (Lipinski definition) is 0. The second kappa shape index (κ2) is 2.97. The van der Waals surface area contributed by atoms with Crippen LogP contribution in [-0.2, 0) is 0 Å². The summed E-state index contributed by atoms with van der Waals surface area (Å²) in [6.45, 7) is 3.52. The van der Waals surface area contributed by atoms with Crippen LogP contribution < -0.4 is 0 Å². The van der Waals surface area contributed by atoms with E-state index in [0.717, 1.165) is 10.1 Å². The first-order chi connectivity index (χ1) is 6.59. The third-order valence-electron chi connectivity index (χ3n) is 1.90. The number of rotatable bonds is 1. The van der Waals surface area contributed by atoms with Gasteiger partial charge in [-0.2, -0.15) is 9.61 Å². The molecular weight excluding hydrogens is 190 g/mol. The molecule has 6 heteroatoms. The highest BCUT2D eigenvalue weighted by Crippen LogP contribution is 2.18. The summed E-state index contributed by atoms with van der Waals surface area (Å²) in [5.74, 6) is -0.410. The van der Waals surface area contributed by atoms with Crippen LogP contribution in [0.1, 0.15) is 23.5 Å². The van der Waals surface area contributed by atoms with Crippen molar-refractivity contribution < 1.29 is 8.78 Å². The maximum Gasteiger partial charge on any atom is 0.299 e. The van der Waals surface area contributed by atoms with Gasteiger partial charge >= 0.3 is 0 Å². The topological polar surface area (TPSA) is 43.1 Å². The lowest BCUT2D eigenvalue weighted by Crippen LogP contribution is -2.01. The van der Waals surface area contributed by atoms with Gasteiger partial charge in [-0.05, 0) is 25.5 Å². The largest absolute Gasteiger partial charge is 0.299 e. The molecule has 0 saturated heterocycles. The Hall–Kier alpha value is -1.59. The van der Waals surface area contributed by atoms with Crippen molar-refractivity contribution in [1.29, 1.82) is 0 Å². The molecule has 0 aliphatic heterocycles. The minimum Gasteiger partial charge on any atom is -0.201 e. The van der Waals surface area contributed by atoms with E-state index in [9.17, 15) is 8.78 Å². The second-order valence-electron chi connectivity index (χ2n) is 3.06. The molecule has 2 heterocycles. The molecular formula is C8H8F2N4. The van der Waals surface area contributed by atoms with Crippen molar-refractivity contribution in [2.45, 2.75) is 20.3 Å². The second-order valence-corrected chi connectivity index (χ2v) is 3.06. The summed E-state index contributed by atoms with van der Waals surface area (Å²) in [6.07, 6.45) is -2.65. The fourth-order valence-electron chi connectivity index (χ4n) is 1.34. The Bertz CT molecular complexity index is 477. The van der Waals surface area contributed by atoms with Crippen LogP contribution in [0.25, 0.3) is 5.65 Å². The average Bonchev–Trinajstić information content (AvgIpc) is 2.47. The Balaban J connectivity index is 2.78. The zero-order chi connectivity index (χ0) is 10.3. The predicted octanol–water partition coefficient (Wildman–Crippen LogP) is 1.68. The molecule has 0 unspecified atom stereocenters. The summed E-state index contributed by atoms with van der Waals surface area (Å²) < 4.78 is 26.0. The van der Waals surface area contributed by atoms with Crippen LogP contribution in [0.4, 0.5) is 8.78 Å². The van der Waals surface area contributed by atoms with Crippen LogP contribution in [-0.4, -0.2) is 19.8 Å². The summed E-state index contributed by atoms with van der Waals surface area (Å²) >= 11 is 0. The van der Waals surface area contributed by atoms with Gasteiger partial charge in [0.1, 0.15) is 0 Å². The van der Waals surface area contributed by atoms with Crippen molar-refractivity contribution in [2.75, 3.05) is 0 Å². The van der Waals surface area contributed by atoms with E-state index in [0.29, 0.717) is 11.3 Å². The van der Waals surface area contributed by atoms with Gasteiger partial charge in [0.2, 0.25) is 5.82 Å². The number of fused-ring (bicyclic) bond motifs is 1. The van der Waals surface area contributed by atoms with E-state index >= 15 is 0 Å². The van der Waals surface area contributed by atoms with Crippen molar-refractivity contribution in [1.82, 2.24) is 19.8 Å². The first kappa shape index (κ1) is 8.98. The molecule has 0 aromatic carbocycles. The molecule has 0 bridgehead atoms. The maximum atomic E-state index is 12.4. The monoisotopic (exact) mass is 198 g/mol. The normalized spacial score (nSPS) is 11.5. The van der Waals surface area contributed by atoms with Gasteiger partial charge in [-0.3, -0.25) is 0 Å². The van der Waals surface area contributed by atoms with E-state index < -0.39 is 12.2 Å². The van der Waals surface area contributed by atoms with Crippen LogP contribution in [0.15, 0.2) is 6.07 Å². The molecule has 4 nitrogen and oxygen atoms in total. The molecule has 2 rings (SSSR count). The third kappa shape index (κ3) is 1.23. The van der Waals surface area contributed by atoms with E-state index in [-0.39, 0.29) is 0 Å². The predicted molar refractivity (Wildman–Crippen MR) is 45.2 cm³/mol. The van der Waals surface area contributed by atoms with Crippen molar-refractivity contribution in [3.05, 3.63) is 23.1 Å². The van der Waals surface area contributed by atoms with Gasteiger partial charge in [0.25, 0.3) is 6.43 Å². The van der Waals surface area contributed by atoms with E-state index in [2.05, 4.69) is 15.3 Å². The molecule has 0 atom stereocenters. The Labute approximate surface area is 78.6 Å². The van der Waals surface area contributed by atoms with Gasteiger partial charge < -0.3 is 0 Å². The van der Waals surface area contributed by atoms with E-state index in [1.54, 1.807) is 19.9 Å². The molecule has 2 aromatic rings. The van der Waals surface area contributed by atoms with Crippen molar-refractivity contribution >= 4 is 5.65 Å². The lowest BCUT2D eigenvalue weighted by Gasteiger charge is -2.00. The van der Waals surface area contributed by atoms with Gasteiger partial charge in [0, 0.05) is 0 Å². The van der Waals surface area contributed by atoms with Crippen LogP contribution in [0.5, 0.6) is 0 Å². The number of hydrogen-bond acceptors (Lipinski definition) is 3. The van der Waals surface area contributed by atoms with Gasteiger partial charge in [0.05, 0.1) is 5.69 Å². The Kier molecular flexibility index (Phi) is 1.90. The standard InChI is InChI=1S/C8H8F2N4/c1-4-3-5(2)13-14-7(4)11-12-8(14)6(9)10/h3,6H,1-2H3. The quantitative estimate of drug-likeness (QED) is 0.700. The minimum atomic E-state index is -2.65. The minimum absolute atomic E-state index is 0.380. The van der Waals surface area contributed by atoms with Gasteiger partial charge in [-0.15, -0.1) is 10.2 Å². The van der Waals surface area contributed by atoms with Crippen molar-refractivity contribution in [3.63, 3.8) is 0 Å². The molecule has 14 heavy (non-hydrogen) atoms. The summed E-state index contributed by atoms with van der Waals surface area (Å²) in [5.41, 5.74) is 1.83. The molecule has 0 aliphatic rings. The number of aryl methyl sites for hydroxylation is 2. The molecule has 0 saturated carbocycles. The van der Waals surface area contributed by atoms with E-state index in [1.807, 2.05) is 0 Å². The molecule has 0 N–H and O–H groups in total.